The van der Waals surface area contributed by atoms with Crippen molar-refractivity contribution in [1.82, 2.24) is 14.1 Å². The van der Waals surface area contributed by atoms with Crippen molar-refractivity contribution >= 4 is 21.5 Å². The summed E-state index contributed by atoms with van der Waals surface area (Å²) in [5, 5.41) is 0.0241. The quantitative estimate of drug-likeness (QED) is 0.891. The van der Waals surface area contributed by atoms with Crippen molar-refractivity contribution in [2.45, 2.75) is 31.2 Å². The van der Waals surface area contributed by atoms with Crippen LogP contribution in [0.4, 0.5) is 5.82 Å². The highest BCUT2D eigenvalue weighted by Gasteiger charge is 2.34. The fourth-order valence-corrected chi connectivity index (χ4v) is 3.96. The Labute approximate surface area is 118 Å². The number of nitrogens with one attached hydrogen (secondary N) is 1. The molecule has 0 unspecified atom stereocenters. The van der Waals surface area contributed by atoms with Gasteiger partial charge in [0.2, 0.25) is 0 Å². The Morgan fingerprint density at radius 3 is 2.85 bits per heavy atom. The van der Waals surface area contributed by atoms with Crippen LogP contribution in [0.15, 0.2) is 29.4 Å². The molecule has 2 aromatic rings. The lowest BCUT2D eigenvalue weighted by Crippen LogP contribution is -2.40. The summed E-state index contributed by atoms with van der Waals surface area (Å²) in [5.74, 6) is 0.0301. The van der Waals surface area contributed by atoms with Gasteiger partial charge in [0.15, 0.2) is 10.8 Å². The molecule has 2 heterocycles. The Kier molecular flexibility index (Phi) is 2.98. The van der Waals surface area contributed by atoms with Gasteiger partial charge in [-0.15, -0.1) is 0 Å². The minimum Gasteiger partial charge on any atom is -0.381 e. The van der Waals surface area contributed by atoms with E-state index in [1.54, 1.807) is 24.4 Å². The largest absolute Gasteiger partial charge is 0.381 e. The van der Waals surface area contributed by atoms with Gasteiger partial charge in [-0.3, -0.25) is 4.40 Å². The Bertz CT molecular complexity index is 747. The maximum atomic E-state index is 12.5. The van der Waals surface area contributed by atoms with Crippen LogP contribution >= 0.6 is 0 Å². The smallest absolute Gasteiger partial charge is 0.260 e. The molecule has 0 saturated heterocycles. The van der Waals surface area contributed by atoms with Gasteiger partial charge in [-0.2, -0.15) is 0 Å². The van der Waals surface area contributed by atoms with E-state index in [1.165, 1.54) is 4.40 Å². The maximum absolute atomic E-state index is 12.5. The van der Waals surface area contributed by atoms with Crippen LogP contribution in [-0.2, 0) is 10.0 Å². The molecule has 3 N–H and O–H groups in total. The lowest BCUT2D eigenvalue weighted by molar-refractivity contribution is 0.166. The number of imidazole rings is 1. The first kappa shape index (κ1) is 13.4. The third kappa shape index (κ3) is 2.16. The van der Waals surface area contributed by atoms with Crippen LogP contribution in [0.2, 0.25) is 0 Å². The van der Waals surface area contributed by atoms with Crippen LogP contribution < -0.4 is 10.5 Å². The Morgan fingerprint density at radius 2 is 2.20 bits per heavy atom. The van der Waals surface area contributed by atoms with Crippen LogP contribution in [0.5, 0.6) is 0 Å². The third-order valence-electron chi connectivity index (χ3n) is 4.02. The Morgan fingerprint density at radius 1 is 1.45 bits per heavy atom. The third-order valence-corrected chi connectivity index (χ3v) is 5.45. The van der Waals surface area contributed by atoms with Crippen molar-refractivity contribution in [2.24, 2.45) is 5.41 Å². The molecule has 0 aliphatic heterocycles. The minimum absolute atomic E-state index is 0.0241. The van der Waals surface area contributed by atoms with E-state index in [2.05, 4.69) is 16.6 Å². The Hall–Kier alpha value is -1.60. The van der Waals surface area contributed by atoms with Crippen molar-refractivity contribution in [3.63, 3.8) is 0 Å². The first-order valence-electron chi connectivity index (χ1n) is 6.64. The summed E-state index contributed by atoms with van der Waals surface area (Å²) >= 11 is 0. The number of anilines is 1. The van der Waals surface area contributed by atoms with E-state index in [1.807, 2.05) is 0 Å². The molecule has 3 rings (SSSR count). The van der Waals surface area contributed by atoms with E-state index in [0.717, 1.165) is 19.3 Å². The summed E-state index contributed by atoms with van der Waals surface area (Å²) in [5.41, 5.74) is 6.37. The fraction of sp³-hybridized carbons (Fsp3) is 0.462. The normalized spacial score (nSPS) is 18.1. The van der Waals surface area contributed by atoms with Crippen LogP contribution in [0.3, 0.4) is 0 Å². The predicted octanol–water partition coefficient (Wildman–Crippen LogP) is 1.38. The van der Waals surface area contributed by atoms with Crippen molar-refractivity contribution in [3.05, 3.63) is 24.4 Å². The molecule has 0 aromatic carbocycles. The molecule has 2 aromatic heterocycles. The van der Waals surface area contributed by atoms with E-state index >= 15 is 0 Å². The summed E-state index contributed by atoms with van der Waals surface area (Å²) in [4.78, 5) is 4.08. The van der Waals surface area contributed by atoms with E-state index < -0.39 is 10.0 Å². The van der Waals surface area contributed by atoms with Crippen molar-refractivity contribution in [3.8, 4) is 0 Å². The summed E-state index contributed by atoms with van der Waals surface area (Å²) in [7, 11) is -3.66. The molecule has 0 spiro atoms. The zero-order valence-electron chi connectivity index (χ0n) is 11.3. The number of nitrogens with two attached hydrogens (primary N) is 1. The van der Waals surface area contributed by atoms with Crippen LogP contribution in [-0.4, -0.2) is 24.3 Å². The second-order valence-corrected chi connectivity index (χ2v) is 7.40. The topological polar surface area (TPSA) is 89.5 Å². The average Bonchev–Trinajstić information content (AvgIpc) is 2.70. The molecule has 1 fully saturated rings. The number of nitrogens with zero attached hydrogens (tertiary/aromatic N) is 2. The number of fused-ring (bicyclic) bond motifs is 1. The molecule has 20 heavy (non-hydrogen) atoms. The van der Waals surface area contributed by atoms with E-state index in [4.69, 9.17) is 5.73 Å². The molecule has 108 valence electrons. The standard InChI is InChI=1S/C13H18N4O2S/c1-13(6-4-7-13)9-15-20(18,19)12-11(14)16-10-5-2-3-8-17(10)12/h2-3,5,8,15H,4,6-7,9,14H2,1H3. The van der Waals surface area contributed by atoms with Gasteiger partial charge in [0.1, 0.15) is 5.65 Å². The molecular formula is C13H18N4O2S. The molecule has 6 nitrogen and oxygen atoms in total. The molecular weight excluding hydrogens is 276 g/mol. The van der Waals surface area contributed by atoms with Gasteiger partial charge >= 0.3 is 0 Å². The lowest BCUT2D eigenvalue weighted by Gasteiger charge is -2.38. The molecule has 1 aliphatic rings. The summed E-state index contributed by atoms with van der Waals surface area (Å²) in [6.07, 6.45) is 4.92. The van der Waals surface area contributed by atoms with Gasteiger partial charge in [-0.25, -0.2) is 18.1 Å². The van der Waals surface area contributed by atoms with E-state index in [9.17, 15) is 8.42 Å². The van der Waals surface area contributed by atoms with Crippen LogP contribution in [0.1, 0.15) is 26.2 Å². The zero-order valence-corrected chi connectivity index (χ0v) is 12.2. The average molecular weight is 294 g/mol. The predicted molar refractivity (Wildman–Crippen MR) is 76.8 cm³/mol. The second-order valence-electron chi connectivity index (χ2n) is 5.72. The number of aromatic nitrogens is 2. The molecule has 0 amide bonds. The van der Waals surface area contributed by atoms with E-state index in [-0.39, 0.29) is 16.3 Å². The number of nitrogen functional groups attached to an aromatic ring is 1. The maximum Gasteiger partial charge on any atom is 0.260 e. The molecule has 0 atom stereocenters. The van der Waals surface area contributed by atoms with Crippen molar-refractivity contribution < 1.29 is 8.42 Å². The van der Waals surface area contributed by atoms with Crippen molar-refractivity contribution in [2.75, 3.05) is 12.3 Å². The summed E-state index contributed by atoms with van der Waals surface area (Å²) in [6, 6.07) is 5.27. The number of sulfonamides is 1. The zero-order chi connectivity index (χ0) is 14.4. The molecule has 1 aliphatic carbocycles. The molecule has 1 saturated carbocycles. The van der Waals surface area contributed by atoms with Crippen molar-refractivity contribution in [1.29, 1.82) is 0 Å². The van der Waals surface area contributed by atoms with Gasteiger partial charge in [-0.1, -0.05) is 19.4 Å². The van der Waals surface area contributed by atoms with Crippen LogP contribution in [0, 0.1) is 5.41 Å². The molecule has 0 bridgehead atoms. The highest BCUT2D eigenvalue weighted by molar-refractivity contribution is 7.89. The monoisotopic (exact) mass is 294 g/mol. The number of pyridine rings is 1. The van der Waals surface area contributed by atoms with Gasteiger partial charge in [0.25, 0.3) is 10.0 Å². The van der Waals surface area contributed by atoms with Gasteiger partial charge in [0, 0.05) is 12.7 Å². The minimum atomic E-state index is -3.66. The number of rotatable bonds is 4. The summed E-state index contributed by atoms with van der Waals surface area (Å²) < 4.78 is 29.1. The number of hydrogen-bond donors (Lipinski definition) is 2. The highest BCUT2D eigenvalue weighted by atomic mass is 32.2. The SMILES string of the molecule is CC1(CNS(=O)(=O)c2c(N)nc3ccccn23)CCC1. The molecule has 0 radical (unpaired) electrons. The highest BCUT2D eigenvalue weighted by Crippen LogP contribution is 2.39. The Balaban J connectivity index is 1.94. The fourth-order valence-electron chi connectivity index (χ4n) is 2.55. The summed E-state index contributed by atoms with van der Waals surface area (Å²) in [6.45, 7) is 2.53. The van der Waals surface area contributed by atoms with Crippen LogP contribution in [0.25, 0.3) is 5.65 Å². The van der Waals surface area contributed by atoms with E-state index in [0.29, 0.717) is 12.2 Å². The van der Waals surface area contributed by atoms with Gasteiger partial charge in [-0.05, 0) is 30.4 Å². The first-order valence-corrected chi connectivity index (χ1v) is 8.12. The lowest BCUT2D eigenvalue weighted by atomic mass is 9.71. The second kappa shape index (κ2) is 4.46. The first-order chi connectivity index (χ1) is 9.41. The molecule has 7 heteroatoms. The number of hydrogen-bond acceptors (Lipinski definition) is 4. The van der Waals surface area contributed by atoms with Gasteiger partial charge < -0.3 is 5.73 Å². The van der Waals surface area contributed by atoms with Gasteiger partial charge in [0.05, 0.1) is 0 Å².